The minimum atomic E-state index is -0.381. The Kier molecular flexibility index (Phi) is 5.84. The predicted octanol–water partition coefficient (Wildman–Crippen LogP) is 1.91. The summed E-state index contributed by atoms with van der Waals surface area (Å²) >= 11 is 0. The van der Waals surface area contributed by atoms with Gasteiger partial charge in [0.25, 0.3) is 0 Å². The lowest BCUT2D eigenvalue weighted by Gasteiger charge is -2.39. The minimum Gasteiger partial charge on any atom is -0.389 e. The highest BCUT2D eigenvalue weighted by Gasteiger charge is 2.32. The van der Waals surface area contributed by atoms with Crippen molar-refractivity contribution in [2.45, 2.75) is 52.2 Å². The molecule has 0 unspecified atom stereocenters. The molecule has 1 N–H and O–H groups in total. The summed E-state index contributed by atoms with van der Waals surface area (Å²) in [5.74, 6) is 0.722. The third kappa shape index (κ3) is 5.32. The molecule has 1 aliphatic heterocycles. The molecular formula is C16H31NO3. The van der Waals surface area contributed by atoms with E-state index in [0.29, 0.717) is 24.7 Å². The van der Waals surface area contributed by atoms with Crippen LogP contribution in [-0.2, 0) is 9.47 Å². The number of β-amino-alcohol motifs (C(OH)–C–C–N with tert-alkyl or cyclic N) is 1. The zero-order chi connectivity index (χ0) is 14.6. The fourth-order valence-electron chi connectivity index (χ4n) is 3.77. The summed E-state index contributed by atoms with van der Waals surface area (Å²) in [7, 11) is 0. The molecule has 4 heteroatoms. The number of ether oxygens (including phenoxy) is 2. The van der Waals surface area contributed by atoms with Crippen LogP contribution in [0.3, 0.4) is 0 Å². The van der Waals surface area contributed by atoms with Gasteiger partial charge < -0.3 is 14.6 Å². The molecule has 20 heavy (non-hydrogen) atoms. The Bertz CT molecular complexity index is 289. The Labute approximate surface area is 123 Å². The maximum Gasteiger partial charge on any atom is 0.0900 e. The molecule has 1 aliphatic carbocycles. The maximum atomic E-state index is 10.1. The molecule has 118 valence electrons. The number of morpholine rings is 1. The number of hydrogen-bond donors (Lipinski definition) is 1. The van der Waals surface area contributed by atoms with Gasteiger partial charge in [-0.15, -0.1) is 0 Å². The summed E-state index contributed by atoms with van der Waals surface area (Å²) in [6.45, 7) is 11.5. The van der Waals surface area contributed by atoms with Gasteiger partial charge in [-0.2, -0.15) is 0 Å². The number of hydrogen-bond acceptors (Lipinski definition) is 4. The van der Waals surface area contributed by atoms with Crippen LogP contribution in [0.5, 0.6) is 0 Å². The molecular weight excluding hydrogens is 254 g/mol. The Balaban J connectivity index is 1.68. The lowest BCUT2D eigenvalue weighted by molar-refractivity contribution is -0.0670. The fraction of sp³-hybridized carbons (Fsp3) is 1.00. The molecule has 0 aromatic rings. The van der Waals surface area contributed by atoms with Crippen LogP contribution in [0.1, 0.15) is 40.0 Å². The van der Waals surface area contributed by atoms with Crippen LogP contribution < -0.4 is 0 Å². The van der Waals surface area contributed by atoms with Crippen LogP contribution in [0.15, 0.2) is 0 Å². The Morgan fingerprint density at radius 1 is 1.30 bits per heavy atom. The molecule has 0 bridgehead atoms. The van der Waals surface area contributed by atoms with Crippen LogP contribution in [0.25, 0.3) is 0 Å². The van der Waals surface area contributed by atoms with Gasteiger partial charge in [-0.3, -0.25) is 4.90 Å². The van der Waals surface area contributed by atoms with E-state index in [-0.39, 0.29) is 6.10 Å². The van der Waals surface area contributed by atoms with Crippen molar-refractivity contribution in [2.24, 2.45) is 11.3 Å². The van der Waals surface area contributed by atoms with E-state index >= 15 is 0 Å². The first-order chi connectivity index (χ1) is 9.44. The normalized spacial score (nSPS) is 33.0. The Morgan fingerprint density at radius 2 is 2.00 bits per heavy atom. The van der Waals surface area contributed by atoms with Crippen molar-refractivity contribution in [1.82, 2.24) is 4.90 Å². The largest absolute Gasteiger partial charge is 0.389 e. The van der Waals surface area contributed by atoms with Gasteiger partial charge in [-0.1, -0.05) is 20.8 Å². The van der Waals surface area contributed by atoms with Crippen molar-refractivity contribution < 1.29 is 14.6 Å². The van der Waals surface area contributed by atoms with Crippen LogP contribution >= 0.6 is 0 Å². The van der Waals surface area contributed by atoms with Gasteiger partial charge >= 0.3 is 0 Å². The van der Waals surface area contributed by atoms with Gasteiger partial charge in [0.2, 0.25) is 0 Å². The second kappa shape index (κ2) is 7.21. The van der Waals surface area contributed by atoms with Gasteiger partial charge in [0, 0.05) is 19.6 Å². The topological polar surface area (TPSA) is 41.9 Å². The second-order valence-electron chi connectivity index (χ2n) is 7.44. The summed E-state index contributed by atoms with van der Waals surface area (Å²) < 4.78 is 11.3. The van der Waals surface area contributed by atoms with E-state index in [1.54, 1.807) is 0 Å². The second-order valence-corrected chi connectivity index (χ2v) is 7.44. The molecule has 0 amide bonds. The number of aliphatic hydroxyl groups excluding tert-OH is 1. The van der Waals surface area contributed by atoms with Crippen molar-refractivity contribution in [2.75, 3.05) is 39.5 Å². The third-order valence-corrected chi connectivity index (χ3v) is 4.44. The highest BCUT2D eigenvalue weighted by atomic mass is 16.5. The quantitative estimate of drug-likeness (QED) is 0.838. The smallest absolute Gasteiger partial charge is 0.0900 e. The van der Waals surface area contributed by atoms with Gasteiger partial charge in [0.15, 0.2) is 0 Å². The highest BCUT2D eigenvalue weighted by Crippen LogP contribution is 2.39. The van der Waals surface area contributed by atoms with E-state index in [1.807, 2.05) is 0 Å². The maximum absolute atomic E-state index is 10.1. The van der Waals surface area contributed by atoms with Gasteiger partial charge in [-0.25, -0.2) is 0 Å². The lowest BCUT2D eigenvalue weighted by atomic mass is 9.71. The van der Waals surface area contributed by atoms with Crippen molar-refractivity contribution in [1.29, 1.82) is 0 Å². The zero-order valence-corrected chi connectivity index (χ0v) is 13.3. The summed E-state index contributed by atoms with van der Waals surface area (Å²) in [6.07, 6.45) is 3.46. The van der Waals surface area contributed by atoms with Crippen LogP contribution in [-0.4, -0.2) is 61.7 Å². The van der Waals surface area contributed by atoms with E-state index in [1.165, 1.54) is 6.42 Å². The van der Waals surface area contributed by atoms with Gasteiger partial charge in [0.05, 0.1) is 32.0 Å². The Morgan fingerprint density at radius 3 is 2.65 bits per heavy atom. The number of rotatable bonds is 5. The molecule has 1 heterocycles. The first kappa shape index (κ1) is 16.2. The van der Waals surface area contributed by atoms with Crippen molar-refractivity contribution in [3.8, 4) is 0 Å². The van der Waals surface area contributed by atoms with Crippen LogP contribution in [0.2, 0.25) is 0 Å². The van der Waals surface area contributed by atoms with E-state index in [4.69, 9.17) is 9.47 Å². The van der Waals surface area contributed by atoms with Crippen LogP contribution in [0, 0.1) is 11.3 Å². The molecule has 1 saturated heterocycles. The summed E-state index contributed by atoms with van der Waals surface area (Å²) in [5.41, 5.74) is 0.373. The minimum absolute atomic E-state index is 0.313. The van der Waals surface area contributed by atoms with E-state index in [9.17, 15) is 5.11 Å². The molecule has 2 rings (SSSR count). The summed E-state index contributed by atoms with van der Waals surface area (Å²) in [4.78, 5) is 2.25. The number of aliphatic hydroxyl groups is 1. The van der Waals surface area contributed by atoms with Crippen molar-refractivity contribution in [3.05, 3.63) is 0 Å². The number of nitrogens with zero attached hydrogens (tertiary/aromatic N) is 1. The van der Waals surface area contributed by atoms with E-state index in [0.717, 1.165) is 45.1 Å². The fourth-order valence-corrected chi connectivity index (χ4v) is 3.77. The van der Waals surface area contributed by atoms with Gasteiger partial charge in [0.1, 0.15) is 0 Å². The first-order valence-electron chi connectivity index (χ1n) is 8.04. The molecule has 0 aromatic carbocycles. The average molecular weight is 285 g/mol. The van der Waals surface area contributed by atoms with Crippen LogP contribution in [0.4, 0.5) is 0 Å². The van der Waals surface area contributed by atoms with E-state index in [2.05, 4.69) is 25.7 Å². The molecule has 0 radical (unpaired) electrons. The molecule has 2 fully saturated rings. The monoisotopic (exact) mass is 285 g/mol. The standard InChI is InChI=1S/C16H31NO3/c1-13-8-15(10-16(2,3)9-13)20-12-14(18)11-17-4-6-19-7-5-17/h13-15,18H,4-12H2,1-3H3/t13-,14+,15-/m0/s1. The summed E-state index contributed by atoms with van der Waals surface area (Å²) in [6, 6.07) is 0. The first-order valence-corrected chi connectivity index (χ1v) is 8.04. The van der Waals surface area contributed by atoms with E-state index < -0.39 is 0 Å². The molecule has 4 nitrogen and oxygen atoms in total. The van der Waals surface area contributed by atoms with Crippen molar-refractivity contribution in [3.63, 3.8) is 0 Å². The zero-order valence-electron chi connectivity index (χ0n) is 13.3. The summed E-state index contributed by atoms with van der Waals surface area (Å²) in [5, 5.41) is 10.1. The highest BCUT2D eigenvalue weighted by molar-refractivity contribution is 4.83. The SMILES string of the molecule is C[C@H]1C[C@H](OC[C@H](O)CN2CCOCC2)CC(C)(C)C1. The molecule has 2 aliphatic rings. The third-order valence-electron chi connectivity index (χ3n) is 4.44. The lowest BCUT2D eigenvalue weighted by Crippen LogP contribution is -2.43. The van der Waals surface area contributed by atoms with Crippen molar-refractivity contribution >= 4 is 0 Å². The molecule has 1 saturated carbocycles. The molecule has 0 aromatic heterocycles. The molecule has 3 atom stereocenters. The molecule has 0 spiro atoms. The average Bonchev–Trinajstić information content (AvgIpc) is 2.35. The van der Waals surface area contributed by atoms with Gasteiger partial charge in [-0.05, 0) is 30.6 Å². The predicted molar refractivity (Wildman–Crippen MR) is 79.8 cm³/mol. The Hall–Kier alpha value is -0.160.